The van der Waals surface area contributed by atoms with Crippen molar-refractivity contribution in [3.63, 3.8) is 0 Å². The minimum atomic E-state index is 0.293. The van der Waals surface area contributed by atoms with E-state index in [-0.39, 0.29) is 0 Å². The topological polar surface area (TPSA) is 29.5 Å². The molecule has 0 bridgehead atoms. The molecule has 1 N–H and O–H groups in total. The Kier molecular flexibility index (Phi) is 15.9. The number of rotatable bonds is 15. The van der Waals surface area contributed by atoms with Gasteiger partial charge < -0.3 is 9.84 Å². The van der Waals surface area contributed by atoms with E-state index >= 15 is 0 Å². The van der Waals surface area contributed by atoms with E-state index in [1.165, 1.54) is 64.2 Å². The predicted molar refractivity (Wildman–Crippen MR) is 83.6 cm³/mol. The van der Waals surface area contributed by atoms with Crippen LogP contribution in [0.2, 0.25) is 0 Å². The van der Waals surface area contributed by atoms with Crippen LogP contribution in [0.3, 0.4) is 0 Å². The maximum Gasteiger partial charge on any atom is 0.0575 e. The Morgan fingerprint density at radius 3 is 1.79 bits per heavy atom. The SMILES string of the molecule is CCCCCCCCCCCC(CCCO)OCC. The second kappa shape index (κ2) is 16.0. The van der Waals surface area contributed by atoms with Crippen LogP contribution in [-0.2, 0) is 4.74 Å². The summed E-state index contributed by atoms with van der Waals surface area (Å²) in [4.78, 5) is 0. The van der Waals surface area contributed by atoms with Crippen molar-refractivity contribution in [2.75, 3.05) is 13.2 Å². The highest BCUT2D eigenvalue weighted by molar-refractivity contribution is 4.59. The molecule has 116 valence electrons. The maximum absolute atomic E-state index is 8.86. The summed E-state index contributed by atoms with van der Waals surface area (Å²) >= 11 is 0. The van der Waals surface area contributed by atoms with Gasteiger partial charge in [-0.25, -0.2) is 0 Å². The lowest BCUT2D eigenvalue weighted by Crippen LogP contribution is -2.13. The van der Waals surface area contributed by atoms with Crippen LogP contribution in [0, 0.1) is 0 Å². The van der Waals surface area contributed by atoms with Gasteiger partial charge in [0.25, 0.3) is 0 Å². The number of hydrogen-bond donors (Lipinski definition) is 1. The van der Waals surface area contributed by atoms with Gasteiger partial charge in [0.15, 0.2) is 0 Å². The molecule has 2 nitrogen and oxygen atoms in total. The van der Waals surface area contributed by atoms with Gasteiger partial charge in [-0.1, -0.05) is 64.7 Å². The molecule has 0 radical (unpaired) electrons. The van der Waals surface area contributed by atoms with Crippen molar-refractivity contribution in [1.29, 1.82) is 0 Å². The van der Waals surface area contributed by atoms with Gasteiger partial charge in [0.2, 0.25) is 0 Å². The van der Waals surface area contributed by atoms with Crippen molar-refractivity contribution in [1.82, 2.24) is 0 Å². The highest BCUT2D eigenvalue weighted by Gasteiger charge is 2.07. The van der Waals surface area contributed by atoms with Crippen LogP contribution in [0.15, 0.2) is 0 Å². The number of aliphatic hydroxyl groups is 1. The first-order valence-electron chi connectivity index (χ1n) is 8.57. The quantitative estimate of drug-likeness (QED) is 0.421. The number of aliphatic hydroxyl groups excluding tert-OH is 1. The summed E-state index contributed by atoms with van der Waals surface area (Å²) in [7, 11) is 0. The predicted octanol–water partition coefficient (Wildman–Crippen LogP) is 5.08. The molecule has 19 heavy (non-hydrogen) atoms. The van der Waals surface area contributed by atoms with Crippen molar-refractivity contribution in [2.24, 2.45) is 0 Å². The highest BCUT2D eigenvalue weighted by Crippen LogP contribution is 2.14. The molecule has 0 aliphatic carbocycles. The molecule has 0 aromatic rings. The Morgan fingerprint density at radius 1 is 0.737 bits per heavy atom. The van der Waals surface area contributed by atoms with Crippen molar-refractivity contribution in [3.8, 4) is 0 Å². The fraction of sp³-hybridized carbons (Fsp3) is 1.00. The molecule has 0 spiro atoms. The van der Waals surface area contributed by atoms with Gasteiger partial charge in [0.05, 0.1) is 6.10 Å². The van der Waals surface area contributed by atoms with Crippen molar-refractivity contribution < 1.29 is 9.84 Å². The lowest BCUT2D eigenvalue weighted by molar-refractivity contribution is 0.0440. The average molecular weight is 272 g/mol. The third kappa shape index (κ3) is 14.1. The molecule has 0 fully saturated rings. The zero-order chi connectivity index (χ0) is 14.2. The Balaban J connectivity index is 3.29. The fourth-order valence-electron chi connectivity index (χ4n) is 2.55. The van der Waals surface area contributed by atoms with E-state index in [2.05, 4.69) is 13.8 Å². The molecule has 0 aliphatic heterocycles. The lowest BCUT2D eigenvalue weighted by atomic mass is 10.0. The molecule has 2 heteroatoms. The van der Waals surface area contributed by atoms with E-state index < -0.39 is 0 Å². The van der Waals surface area contributed by atoms with E-state index in [1.807, 2.05) is 0 Å². The normalized spacial score (nSPS) is 12.8. The molecule has 0 aromatic heterocycles. The van der Waals surface area contributed by atoms with Gasteiger partial charge in [0.1, 0.15) is 0 Å². The first kappa shape index (κ1) is 18.9. The molecule has 1 unspecified atom stereocenters. The molecular weight excluding hydrogens is 236 g/mol. The summed E-state index contributed by atoms with van der Waals surface area (Å²) < 4.78 is 5.70. The maximum atomic E-state index is 8.86. The molecule has 0 rings (SSSR count). The third-order valence-electron chi connectivity index (χ3n) is 3.72. The lowest BCUT2D eigenvalue weighted by Gasteiger charge is -2.16. The number of ether oxygens (including phenoxy) is 1. The summed E-state index contributed by atoms with van der Waals surface area (Å²) in [6.07, 6.45) is 15.9. The first-order valence-corrected chi connectivity index (χ1v) is 8.57. The van der Waals surface area contributed by atoms with Crippen LogP contribution >= 0.6 is 0 Å². The summed E-state index contributed by atoms with van der Waals surface area (Å²) in [5.41, 5.74) is 0. The summed E-state index contributed by atoms with van der Waals surface area (Å²) in [6, 6.07) is 0. The van der Waals surface area contributed by atoms with Gasteiger partial charge >= 0.3 is 0 Å². The minimum Gasteiger partial charge on any atom is -0.396 e. The van der Waals surface area contributed by atoms with Crippen molar-refractivity contribution in [2.45, 2.75) is 97.0 Å². The van der Waals surface area contributed by atoms with Crippen LogP contribution in [0.25, 0.3) is 0 Å². The third-order valence-corrected chi connectivity index (χ3v) is 3.72. The molecule has 1 atom stereocenters. The Bertz CT molecular complexity index is 159. The summed E-state index contributed by atoms with van der Waals surface area (Å²) in [6.45, 7) is 5.42. The largest absolute Gasteiger partial charge is 0.396 e. The van der Waals surface area contributed by atoms with Gasteiger partial charge in [-0.05, 0) is 26.2 Å². The van der Waals surface area contributed by atoms with Crippen LogP contribution in [0.1, 0.15) is 90.9 Å². The Morgan fingerprint density at radius 2 is 1.26 bits per heavy atom. The molecule has 0 saturated heterocycles. The van der Waals surface area contributed by atoms with E-state index in [1.54, 1.807) is 0 Å². The molecule has 0 heterocycles. The second-order valence-corrected chi connectivity index (χ2v) is 5.56. The molecule has 0 aliphatic rings. The van der Waals surface area contributed by atoms with Crippen molar-refractivity contribution in [3.05, 3.63) is 0 Å². The molecule has 0 saturated carbocycles. The monoisotopic (exact) mass is 272 g/mol. The zero-order valence-electron chi connectivity index (χ0n) is 13.3. The van der Waals surface area contributed by atoms with Crippen LogP contribution in [-0.4, -0.2) is 24.4 Å². The standard InChI is InChI=1S/C17H36O2/c1-3-5-6-7-8-9-10-11-12-14-17(19-4-2)15-13-16-18/h17-18H,3-16H2,1-2H3. The van der Waals surface area contributed by atoms with Crippen LogP contribution in [0.4, 0.5) is 0 Å². The minimum absolute atomic E-state index is 0.293. The van der Waals surface area contributed by atoms with Crippen LogP contribution < -0.4 is 0 Å². The highest BCUT2D eigenvalue weighted by atomic mass is 16.5. The molecule has 0 amide bonds. The van der Waals surface area contributed by atoms with Crippen molar-refractivity contribution >= 4 is 0 Å². The summed E-state index contributed by atoms with van der Waals surface area (Å²) in [5, 5.41) is 8.86. The number of hydrogen-bond acceptors (Lipinski definition) is 2. The van der Waals surface area contributed by atoms with E-state index in [9.17, 15) is 0 Å². The Labute approximate surface area is 120 Å². The Hall–Kier alpha value is -0.0800. The molecule has 0 aromatic carbocycles. The second-order valence-electron chi connectivity index (χ2n) is 5.56. The van der Waals surface area contributed by atoms with E-state index in [0.29, 0.717) is 12.7 Å². The van der Waals surface area contributed by atoms with Gasteiger partial charge in [-0.2, -0.15) is 0 Å². The van der Waals surface area contributed by atoms with Gasteiger partial charge in [-0.15, -0.1) is 0 Å². The average Bonchev–Trinajstić information content (AvgIpc) is 2.42. The van der Waals surface area contributed by atoms with E-state index in [4.69, 9.17) is 9.84 Å². The first-order chi connectivity index (χ1) is 9.35. The zero-order valence-corrected chi connectivity index (χ0v) is 13.3. The smallest absolute Gasteiger partial charge is 0.0575 e. The van der Waals surface area contributed by atoms with Crippen LogP contribution in [0.5, 0.6) is 0 Å². The van der Waals surface area contributed by atoms with Gasteiger partial charge in [0, 0.05) is 13.2 Å². The molecular formula is C17H36O2. The van der Waals surface area contributed by atoms with Gasteiger partial charge in [-0.3, -0.25) is 0 Å². The summed E-state index contributed by atoms with van der Waals surface area (Å²) in [5.74, 6) is 0. The van der Waals surface area contributed by atoms with E-state index in [0.717, 1.165) is 19.4 Å². The number of unbranched alkanes of at least 4 members (excludes halogenated alkanes) is 8. The fourth-order valence-corrected chi connectivity index (χ4v) is 2.55.